The highest BCUT2D eigenvalue weighted by molar-refractivity contribution is 7.91. The van der Waals surface area contributed by atoms with E-state index in [0.29, 0.717) is 10.6 Å². The first-order valence-electron chi connectivity index (χ1n) is 5.33. The van der Waals surface area contributed by atoms with Crippen molar-refractivity contribution >= 4 is 15.5 Å². The second-order valence-corrected chi connectivity index (χ2v) is 6.44. The molecule has 5 heteroatoms. The van der Waals surface area contributed by atoms with Crippen LogP contribution in [0.25, 0.3) is 0 Å². The van der Waals surface area contributed by atoms with Crippen LogP contribution >= 0.6 is 0 Å². The van der Waals surface area contributed by atoms with E-state index in [9.17, 15) is 8.42 Å². The van der Waals surface area contributed by atoms with E-state index in [-0.39, 0.29) is 5.75 Å². The molecule has 0 N–H and O–H groups in total. The van der Waals surface area contributed by atoms with Gasteiger partial charge in [0.1, 0.15) is 6.04 Å². The van der Waals surface area contributed by atoms with Crippen LogP contribution in [0, 0.1) is 25.2 Å². The molecule has 2 rings (SSSR count). The van der Waals surface area contributed by atoms with Gasteiger partial charge in [-0.15, -0.1) is 0 Å². The zero-order valence-corrected chi connectivity index (χ0v) is 10.9. The molecular weight excluding hydrogens is 236 g/mol. The van der Waals surface area contributed by atoms with Gasteiger partial charge in [-0.3, -0.25) is 0 Å². The molecule has 1 aromatic rings. The van der Waals surface area contributed by atoms with Crippen molar-refractivity contribution < 1.29 is 8.42 Å². The lowest BCUT2D eigenvalue weighted by Crippen LogP contribution is -2.41. The van der Waals surface area contributed by atoms with Gasteiger partial charge in [0.05, 0.1) is 22.4 Å². The molecular formula is C12H14N2O2S. The Morgan fingerprint density at radius 1 is 1.35 bits per heavy atom. The Labute approximate surface area is 101 Å². The molecule has 0 saturated carbocycles. The van der Waals surface area contributed by atoms with Gasteiger partial charge in [0.25, 0.3) is 0 Å². The Balaban J connectivity index is 2.74. The molecule has 4 nitrogen and oxygen atoms in total. The molecule has 1 aromatic carbocycles. The van der Waals surface area contributed by atoms with Gasteiger partial charge in [0.15, 0.2) is 9.84 Å². The first-order chi connectivity index (χ1) is 7.86. The van der Waals surface area contributed by atoms with E-state index in [2.05, 4.69) is 0 Å². The number of rotatable bonds is 0. The van der Waals surface area contributed by atoms with Gasteiger partial charge in [-0.1, -0.05) is 0 Å². The highest BCUT2D eigenvalue weighted by Crippen LogP contribution is 2.34. The number of benzene rings is 1. The maximum atomic E-state index is 12.1. The standard InChI is InChI=1S/C12H14N2O2S/c1-8-4-11-12(5-9(8)2)17(15,16)7-10(6-13)14(11)3/h4-5,10H,7H2,1-3H3. The molecule has 0 radical (unpaired) electrons. The van der Waals surface area contributed by atoms with Gasteiger partial charge in [-0.25, -0.2) is 8.42 Å². The van der Waals surface area contributed by atoms with Crippen LogP contribution in [0.15, 0.2) is 17.0 Å². The minimum absolute atomic E-state index is 0.129. The molecule has 0 bridgehead atoms. The van der Waals surface area contributed by atoms with E-state index in [1.54, 1.807) is 18.0 Å². The van der Waals surface area contributed by atoms with Crippen molar-refractivity contribution in [2.45, 2.75) is 24.8 Å². The smallest absolute Gasteiger partial charge is 0.183 e. The zero-order chi connectivity index (χ0) is 12.8. The molecule has 1 heterocycles. The monoisotopic (exact) mass is 250 g/mol. The predicted molar refractivity (Wildman–Crippen MR) is 65.8 cm³/mol. The third-order valence-corrected chi connectivity index (χ3v) is 5.04. The average Bonchev–Trinajstić information content (AvgIpc) is 2.26. The van der Waals surface area contributed by atoms with Crippen molar-refractivity contribution in [3.63, 3.8) is 0 Å². The van der Waals surface area contributed by atoms with Crippen LogP contribution in [-0.4, -0.2) is 27.3 Å². The second kappa shape index (κ2) is 3.74. The van der Waals surface area contributed by atoms with Crippen LogP contribution in [0.1, 0.15) is 11.1 Å². The Kier molecular flexibility index (Phi) is 2.63. The van der Waals surface area contributed by atoms with E-state index >= 15 is 0 Å². The van der Waals surface area contributed by atoms with Crippen LogP contribution in [0.4, 0.5) is 5.69 Å². The van der Waals surface area contributed by atoms with Crippen LogP contribution in [0.5, 0.6) is 0 Å². The lowest BCUT2D eigenvalue weighted by atomic mass is 10.1. The van der Waals surface area contributed by atoms with Crippen LogP contribution in [-0.2, 0) is 9.84 Å². The van der Waals surface area contributed by atoms with Crippen molar-refractivity contribution in [3.05, 3.63) is 23.3 Å². The lowest BCUT2D eigenvalue weighted by Gasteiger charge is -2.32. The Morgan fingerprint density at radius 2 is 1.94 bits per heavy atom. The fourth-order valence-electron chi connectivity index (χ4n) is 2.00. The van der Waals surface area contributed by atoms with Crippen molar-refractivity contribution in [1.29, 1.82) is 5.26 Å². The molecule has 17 heavy (non-hydrogen) atoms. The number of nitriles is 1. The normalized spacial score (nSPS) is 21.8. The maximum Gasteiger partial charge on any atom is 0.183 e. The van der Waals surface area contributed by atoms with Crippen molar-refractivity contribution in [2.24, 2.45) is 0 Å². The lowest BCUT2D eigenvalue weighted by molar-refractivity contribution is 0.585. The second-order valence-electron chi connectivity index (χ2n) is 4.44. The van der Waals surface area contributed by atoms with Crippen molar-refractivity contribution in [1.82, 2.24) is 0 Å². The summed E-state index contributed by atoms with van der Waals surface area (Å²) in [7, 11) is -1.58. The Bertz CT molecular complexity index is 614. The van der Waals surface area contributed by atoms with E-state index in [1.165, 1.54) is 0 Å². The van der Waals surface area contributed by atoms with Gasteiger partial charge in [-0.2, -0.15) is 5.26 Å². The SMILES string of the molecule is Cc1cc2c(cc1C)S(=O)(=O)CC(C#N)N2C. The summed E-state index contributed by atoms with van der Waals surface area (Å²) in [6, 6.07) is 4.97. The summed E-state index contributed by atoms with van der Waals surface area (Å²) in [5, 5.41) is 8.99. The highest BCUT2D eigenvalue weighted by atomic mass is 32.2. The molecule has 0 fully saturated rings. The third kappa shape index (κ3) is 1.79. The Morgan fingerprint density at radius 3 is 2.53 bits per heavy atom. The molecule has 1 atom stereocenters. The van der Waals surface area contributed by atoms with Gasteiger partial charge >= 0.3 is 0 Å². The molecule has 0 spiro atoms. The quantitative estimate of drug-likeness (QED) is 0.698. The van der Waals surface area contributed by atoms with Crippen LogP contribution < -0.4 is 4.90 Å². The molecule has 1 aliphatic rings. The average molecular weight is 250 g/mol. The van der Waals surface area contributed by atoms with Gasteiger partial charge in [0, 0.05) is 7.05 Å². The van der Waals surface area contributed by atoms with E-state index in [4.69, 9.17) is 5.26 Å². The molecule has 0 aliphatic carbocycles. The number of anilines is 1. The zero-order valence-electron chi connectivity index (χ0n) is 10.1. The fraction of sp³-hybridized carbons (Fsp3) is 0.417. The molecule has 1 unspecified atom stereocenters. The molecule has 90 valence electrons. The number of aryl methyl sites for hydroxylation is 2. The van der Waals surface area contributed by atoms with Crippen LogP contribution in [0.3, 0.4) is 0 Å². The minimum Gasteiger partial charge on any atom is -0.357 e. The topological polar surface area (TPSA) is 61.2 Å². The summed E-state index contributed by atoms with van der Waals surface area (Å²) in [6.45, 7) is 3.83. The Hall–Kier alpha value is -1.54. The number of hydrogen-bond acceptors (Lipinski definition) is 4. The van der Waals surface area contributed by atoms with E-state index in [0.717, 1.165) is 11.1 Å². The summed E-state index contributed by atoms with van der Waals surface area (Å²) in [4.78, 5) is 2.08. The van der Waals surface area contributed by atoms with Crippen LogP contribution in [0.2, 0.25) is 0 Å². The first-order valence-corrected chi connectivity index (χ1v) is 6.98. The number of hydrogen-bond donors (Lipinski definition) is 0. The number of nitrogens with zero attached hydrogens (tertiary/aromatic N) is 2. The minimum atomic E-state index is -3.34. The van der Waals surface area contributed by atoms with Gasteiger partial charge in [-0.05, 0) is 37.1 Å². The summed E-state index contributed by atoms with van der Waals surface area (Å²) in [5.74, 6) is -0.129. The third-order valence-electron chi connectivity index (χ3n) is 3.28. The van der Waals surface area contributed by atoms with E-state index in [1.807, 2.05) is 26.0 Å². The van der Waals surface area contributed by atoms with Gasteiger partial charge in [0.2, 0.25) is 0 Å². The number of fused-ring (bicyclic) bond motifs is 1. The first kappa shape index (κ1) is 11.9. The number of sulfone groups is 1. The molecule has 0 aromatic heterocycles. The predicted octanol–water partition coefficient (Wildman–Crippen LogP) is 1.42. The summed E-state index contributed by atoms with van der Waals surface area (Å²) in [6.07, 6.45) is 0. The maximum absolute atomic E-state index is 12.1. The summed E-state index contributed by atoms with van der Waals surface area (Å²) >= 11 is 0. The summed E-state index contributed by atoms with van der Waals surface area (Å²) < 4.78 is 24.1. The molecule has 0 amide bonds. The van der Waals surface area contributed by atoms with Crippen molar-refractivity contribution in [2.75, 3.05) is 17.7 Å². The summed E-state index contributed by atoms with van der Waals surface area (Å²) in [5.41, 5.74) is 2.62. The van der Waals surface area contributed by atoms with E-state index < -0.39 is 15.9 Å². The molecule has 1 aliphatic heterocycles. The fourth-order valence-corrected chi connectivity index (χ4v) is 3.77. The largest absolute Gasteiger partial charge is 0.357 e. The highest BCUT2D eigenvalue weighted by Gasteiger charge is 2.34. The van der Waals surface area contributed by atoms with Crippen molar-refractivity contribution in [3.8, 4) is 6.07 Å². The molecule has 0 saturated heterocycles. The van der Waals surface area contributed by atoms with Gasteiger partial charge < -0.3 is 4.90 Å².